The van der Waals surface area contributed by atoms with E-state index in [1.165, 1.54) is 5.56 Å². The van der Waals surface area contributed by atoms with Gasteiger partial charge in [0.05, 0.1) is 24.2 Å². The van der Waals surface area contributed by atoms with Crippen LogP contribution in [-0.2, 0) is 31.2 Å². The molecule has 0 spiro atoms. The molecule has 2 aromatic carbocycles. The number of carboxylic acid groups (broad SMARTS) is 1. The average Bonchev–Trinajstić information content (AvgIpc) is 3.35. The number of para-hydroxylation sites is 1. The summed E-state index contributed by atoms with van der Waals surface area (Å²) in [6, 6.07) is 10.3. The molecule has 6 nitrogen and oxygen atoms in total. The minimum atomic E-state index is -0.801. The lowest BCUT2D eigenvalue weighted by atomic mass is 9.98. The minimum absolute atomic E-state index is 0.0720. The number of carbonyl (C=O) groups is 1. The minimum Gasteiger partial charge on any atom is -0.494 e. The van der Waals surface area contributed by atoms with Gasteiger partial charge in [-0.05, 0) is 68.9 Å². The maximum atomic E-state index is 11.4. The van der Waals surface area contributed by atoms with Crippen LogP contribution in [0.15, 0.2) is 36.5 Å². The van der Waals surface area contributed by atoms with Gasteiger partial charge in [0.2, 0.25) is 0 Å². The Labute approximate surface area is 217 Å². The van der Waals surface area contributed by atoms with E-state index in [-0.39, 0.29) is 6.42 Å². The SMILES string of the molecule is CCc1nn(C)c(C)c1-c1cccc2c(CCCOc3cc(C)c(Cl)c(C)c3)cn(CCC(=O)O)c12. The molecule has 1 N–H and O–H groups in total. The summed E-state index contributed by atoms with van der Waals surface area (Å²) >= 11 is 6.28. The average molecular weight is 508 g/mol. The maximum absolute atomic E-state index is 11.4. The lowest BCUT2D eigenvalue weighted by Crippen LogP contribution is -2.04. The Morgan fingerprint density at radius 3 is 2.56 bits per heavy atom. The van der Waals surface area contributed by atoms with Crippen molar-refractivity contribution in [3.05, 3.63) is 69.6 Å². The highest BCUT2D eigenvalue weighted by atomic mass is 35.5. The number of hydrogen-bond acceptors (Lipinski definition) is 3. The number of hydrogen-bond donors (Lipinski definition) is 1. The van der Waals surface area contributed by atoms with Crippen molar-refractivity contribution >= 4 is 28.5 Å². The number of fused-ring (bicyclic) bond motifs is 1. The van der Waals surface area contributed by atoms with Crippen molar-refractivity contribution in [2.75, 3.05) is 6.61 Å². The van der Waals surface area contributed by atoms with E-state index in [2.05, 4.69) is 42.8 Å². The first-order valence-electron chi connectivity index (χ1n) is 12.5. The molecule has 0 aliphatic carbocycles. The highest BCUT2D eigenvalue weighted by Crippen LogP contribution is 2.36. The summed E-state index contributed by atoms with van der Waals surface area (Å²) in [7, 11) is 1.97. The Kier molecular flexibility index (Phi) is 7.74. The summed E-state index contributed by atoms with van der Waals surface area (Å²) in [5, 5.41) is 16.0. The van der Waals surface area contributed by atoms with E-state index in [1.54, 1.807) is 0 Å². The number of aromatic nitrogens is 3. The van der Waals surface area contributed by atoms with E-state index in [9.17, 15) is 9.90 Å². The summed E-state index contributed by atoms with van der Waals surface area (Å²) in [6.07, 6.45) is 4.69. The van der Waals surface area contributed by atoms with E-state index < -0.39 is 5.97 Å². The van der Waals surface area contributed by atoms with Gasteiger partial charge >= 0.3 is 5.97 Å². The van der Waals surface area contributed by atoms with Crippen LogP contribution in [0.5, 0.6) is 5.75 Å². The first-order valence-corrected chi connectivity index (χ1v) is 12.8. The number of benzene rings is 2. The van der Waals surface area contributed by atoms with Crippen molar-refractivity contribution in [3.8, 4) is 16.9 Å². The molecule has 36 heavy (non-hydrogen) atoms. The zero-order chi connectivity index (χ0) is 26.0. The van der Waals surface area contributed by atoms with E-state index in [1.807, 2.05) is 37.7 Å². The Hall–Kier alpha value is -3.25. The van der Waals surface area contributed by atoms with Gasteiger partial charge in [-0.2, -0.15) is 5.10 Å². The van der Waals surface area contributed by atoms with Gasteiger partial charge in [-0.1, -0.05) is 36.7 Å². The number of aliphatic carboxylic acids is 1. The number of ether oxygens (including phenoxy) is 1. The third kappa shape index (κ3) is 5.14. The summed E-state index contributed by atoms with van der Waals surface area (Å²) in [5.74, 6) is 0.0318. The Balaban J connectivity index is 1.64. The molecule has 4 aromatic rings. The first-order chi connectivity index (χ1) is 17.2. The van der Waals surface area contributed by atoms with Crippen LogP contribution >= 0.6 is 11.6 Å². The van der Waals surface area contributed by atoms with Crippen LogP contribution < -0.4 is 4.74 Å². The monoisotopic (exact) mass is 507 g/mol. The van der Waals surface area contributed by atoms with Gasteiger partial charge in [0.25, 0.3) is 0 Å². The van der Waals surface area contributed by atoms with Crippen LogP contribution in [0, 0.1) is 20.8 Å². The fourth-order valence-corrected chi connectivity index (χ4v) is 5.05. The molecule has 0 saturated heterocycles. The molecule has 190 valence electrons. The zero-order valence-corrected chi connectivity index (χ0v) is 22.4. The molecule has 0 fully saturated rings. The number of nitrogens with zero attached hydrogens (tertiary/aromatic N) is 3. The smallest absolute Gasteiger partial charge is 0.305 e. The fourth-order valence-electron chi connectivity index (χ4n) is 4.94. The normalized spacial score (nSPS) is 11.4. The molecule has 2 heterocycles. The molecule has 0 atom stereocenters. The van der Waals surface area contributed by atoms with Gasteiger partial charge in [0.1, 0.15) is 5.75 Å². The second-order valence-electron chi connectivity index (χ2n) is 9.40. The Morgan fingerprint density at radius 1 is 1.17 bits per heavy atom. The second-order valence-corrected chi connectivity index (χ2v) is 9.78. The van der Waals surface area contributed by atoms with Crippen LogP contribution in [-0.4, -0.2) is 32.0 Å². The molecule has 2 aromatic heterocycles. The van der Waals surface area contributed by atoms with Crippen molar-refractivity contribution in [2.24, 2.45) is 7.05 Å². The maximum Gasteiger partial charge on any atom is 0.305 e. The predicted molar refractivity (Wildman–Crippen MR) is 145 cm³/mol. The van der Waals surface area contributed by atoms with Crippen molar-refractivity contribution in [3.63, 3.8) is 0 Å². The topological polar surface area (TPSA) is 69.3 Å². The second kappa shape index (κ2) is 10.8. The van der Waals surface area contributed by atoms with Crippen molar-refractivity contribution in [1.29, 1.82) is 0 Å². The highest BCUT2D eigenvalue weighted by Gasteiger charge is 2.20. The molecule has 4 rings (SSSR count). The summed E-state index contributed by atoms with van der Waals surface area (Å²) in [6.45, 7) is 9.18. The van der Waals surface area contributed by atoms with Gasteiger partial charge < -0.3 is 14.4 Å². The number of carboxylic acids is 1. The predicted octanol–water partition coefficient (Wildman–Crippen LogP) is 6.67. The largest absolute Gasteiger partial charge is 0.494 e. The van der Waals surface area contributed by atoms with Crippen molar-refractivity contribution < 1.29 is 14.6 Å². The van der Waals surface area contributed by atoms with Gasteiger partial charge in [-0.15, -0.1) is 0 Å². The standard InChI is InChI=1S/C29H34ClN3O3/c1-6-25-27(20(4)32(5)31-25)24-11-7-10-23-21(17-33(29(23)24)13-12-26(34)35)9-8-14-36-22-15-18(2)28(30)19(3)16-22/h7,10-11,15-17H,6,8-9,12-14H2,1-5H3,(H,34,35). The van der Waals surface area contributed by atoms with E-state index >= 15 is 0 Å². The van der Waals surface area contributed by atoms with E-state index in [0.717, 1.165) is 74.6 Å². The highest BCUT2D eigenvalue weighted by molar-refractivity contribution is 6.32. The molecule has 0 radical (unpaired) electrons. The van der Waals surface area contributed by atoms with Gasteiger partial charge in [-0.25, -0.2) is 0 Å². The van der Waals surface area contributed by atoms with E-state index in [4.69, 9.17) is 21.4 Å². The van der Waals surface area contributed by atoms with Crippen molar-refractivity contribution in [2.45, 2.75) is 59.9 Å². The molecular weight excluding hydrogens is 474 g/mol. The van der Waals surface area contributed by atoms with Crippen molar-refractivity contribution in [1.82, 2.24) is 14.3 Å². The van der Waals surface area contributed by atoms with Crippen LogP contribution in [0.1, 0.15) is 47.8 Å². The number of halogens is 1. The molecule has 7 heteroatoms. The van der Waals surface area contributed by atoms with Crippen LogP contribution in [0.2, 0.25) is 5.02 Å². The molecule has 0 aliphatic heterocycles. The van der Waals surface area contributed by atoms with Gasteiger partial charge in [0, 0.05) is 47.0 Å². The number of rotatable bonds is 10. The van der Waals surface area contributed by atoms with Crippen LogP contribution in [0.4, 0.5) is 0 Å². The van der Waals surface area contributed by atoms with Gasteiger partial charge in [-0.3, -0.25) is 9.48 Å². The fraction of sp³-hybridized carbons (Fsp3) is 0.379. The Morgan fingerprint density at radius 2 is 1.89 bits per heavy atom. The van der Waals surface area contributed by atoms with Crippen LogP contribution in [0.25, 0.3) is 22.0 Å². The lowest BCUT2D eigenvalue weighted by Gasteiger charge is -2.11. The molecule has 0 aliphatic rings. The summed E-state index contributed by atoms with van der Waals surface area (Å²) in [4.78, 5) is 11.4. The quantitative estimate of drug-likeness (QED) is 0.243. The molecular formula is C29H34ClN3O3. The molecule has 0 unspecified atom stereocenters. The van der Waals surface area contributed by atoms with Gasteiger partial charge in [0.15, 0.2) is 0 Å². The summed E-state index contributed by atoms with van der Waals surface area (Å²) < 4.78 is 10.1. The van der Waals surface area contributed by atoms with E-state index in [0.29, 0.717) is 13.2 Å². The third-order valence-electron chi connectivity index (χ3n) is 6.83. The summed E-state index contributed by atoms with van der Waals surface area (Å²) in [5.41, 5.74) is 8.70. The number of aryl methyl sites for hydroxylation is 6. The Bertz CT molecular complexity index is 1390. The molecule has 0 bridgehead atoms. The third-order valence-corrected chi connectivity index (χ3v) is 7.42. The molecule has 0 amide bonds. The first kappa shape index (κ1) is 25.8. The van der Waals surface area contributed by atoms with Crippen LogP contribution in [0.3, 0.4) is 0 Å². The zero-order valence-electron chi connectivity index (χ0n) is 21.7. The lowest BCUT2D eigenvalue weighted by molar-refractivity contribution is -0.137. The molecule has 0 saturated carbocycles.